The number of ether oxygens (including phenoxy) is 1. The number of allylic oxidation sites excluding steroid dienone is 1. The van der Waals surface area contributed by atoms with E-state index in [0.29, 0.717) is 11.1 Å². The number of anilines is 1. The fourth-order valence-corrected chi connectivity index (χ4v) is 4.21. The van der Waals surface area contributed by atoms with Gasteiger partial charge in [0.05, 0.1) is 18.7 Å². The number of fused-ring (bicyclic) bond motifs is 1. The highest BCUT2D eigenvalue weighted by molar-refractivity contribution is 6.31. The third kappa shape index (κ3) is 9.18. The van der Waals surface area contributed by atoms with E-state index in [-0.39, 0.29) is 5.41 Å². The number of nitrogens with one attached hydrogen (secondary N) is 1. The van der Waals surface area contributed by atoms with Gasteiger partial charge in [0.1, 0.15) is 0 Å². The molecule has 0 saturated carbocycles. The first-order valence-electron chi connectivity index (χ1n) is 11.5. The summed E-state index contributed by atoms with van der Waals surface area (Å²) in [4.78, 5) is 6.90. The SMILES string of the molecule is C=C(C)CC(C)(C)COCCN(CC)CCCC(C)Nc1ccnc2cc(Cl)ccc12. The molecular weight excluding hydrogens is 406 g/mol. The van der Waals surface area contributed by atoms with E-state index in [1.165, 1.54) is 5.57 Å². The van der Waals surface area contributed by atoms with Crippen molar-refractivity contribution < 1.29 is 4.74 Å². The average Bonchev–Trinajstić information content (AvgIpc) is 2.68. The van der Waals surface area contributed by atoms with E-state index in [1.807, 2.05) is 30.5 Å². The van der Waals surface area contributed by atoms with E-state index in [4.69, 9.17) is 16.3 Å². The molecule has 1 atom stereocenters. The molecule has 1 aromatic heterocycles. The molecule has 0 spiro atoms. The number of hydrogen-bond donors (Lipinski definition) is 1. The summed E-state index contributed by atoms with van der Waals surface area (Å²) in [5, 5.41) is 5.47. The Bertz CT molecular complexity index is 837. The lowest BCUT2D eigenvalue weighted by Crippen LogP contribution is -2.30. The van der Waals surface area contributed by atoms with Crippen molar-refractivity contribution >= 4 is 28.2 Å². The molecule has 5 heteroatoms. The van der Waals surface area contributed by atoms with E-state index in [2.05, 4.69) is 56.4 Å². The zero-order valence-corrected chi connectivity index (χ0v) is 20.8. The van der Waals surface area contributed by atoms with Crippen molar-refractivity contribution in [1.29, 1.82) is 0 Å². The minimum Gasteiger partial charge on any atom is -0.382 e. The predicted octanol–water partition coefficient (Wildman–Crippen LogP) is 6.80. The van der Waals surface area contributed by atoms with E-state index >= 15 is 0 Å². The molecule has 0 aliphatic heterocycles. The van der Waals surface area contributed by atoms with Crippen LogP contribution in [-0.4, -0.2) is 48.8 Å². The van der Waals surface area contributed by atoms with Crippen molar-refractivity contribution in [3.8, 4) is 0 Å². The van der Waals surface area contributed by atoms with Gasteiger partial charge >= 0.3 is 0 Å². The Labute approximate surface area is 194 Å². The minimum absolute atomic E-state index is 0.159. The highest BCUT2D eigenvalue weighted by Crippen LogP contribution is 2.26. The Morgan fingerprint density at radius 2 is 2.06 bits per heavy atom. The summed E-state index contributed by atoms with van der Waals surface area (Å²) < 4.78 is 5.98. The molecule has 0 bridgehead atoms. The normalized spacial score (nSPS) is 13.0. The van der Waals surface area contributed by atoms with Crippen LogP contribution < -0.4 is 5.32 Å². The fourth-order valence-electron chi connectivity index (χ4n) is 4.04. The summed E-state index contributed by atoms with van der Waals surface area (Å²) >= 11 is 6.10. The van der Waals surface area contributed by atoms with Gasteiger partial charge in [0.15, 0.2) is 0 Å². The molecule has 1 aromatic carbocycles. The fraction of sp³-hybridized carbons (Fsp3) is 0.577. The number of nitrogens with zero attached hydrogens (tertiary/aromatic N) is 2. The number of likely N-dealkylation sites (N-methyl/N-ethyl adjacent to an activating group) is 1. The quantitative estimate of drug-likeness (QED) is 0.256. The third-order valence-electron chi connectivity index (χ3n) is 5.49. The largest absolute Gasteiger partial charge is 0.382 e. The van der Waals surface area contributed by atoms with Gasteiger partial charge in [-0.05, 0) is 75.9 Å². The number of hydrogen-bond acceptors (Lipinski definition) is 4. The summed E-state index contributed by atoms with van der Waals surface area (Å²) in [5.74, 6) is 0. The molecule has 31 heavy (non-hydrogen) atoms. The molecule has 0 saturated heterocycles. The summed E-state index contributed by atoms with van der Waals surface area (Å²) in [6.07, 6.45) is 5.11. The van der Waals surface area contributed by atoms with Crippen molar-refractivity contribution in [2.75, 3.05) is 38.2 Å². The Morgan fingerprint density at radius 3 is 2.77 bits per heavy atom. The number of aromatic nitrogens is 1. The van der Waals surface area contributed by atoms with Crippen molar-refractivity contribution in [2.24, 2.45) is 5.41 Å². The smallest absolute Gasteiger partial charge is 0.0737 e. The van der Waals surface area contributed by atoms with Crippen LogP contribution in [0.25, 0.3) is 10.9 Å². The zero-order chi connectivity index (χ0) is 22.9. The topological polar surface area (TPSA) is 37.4 Å². The van der Waals surface area contributed by atoms with Crippen LogP contribution in [0.15, 0.2) is 42.6 Å². The van der Waals surface area contributed by atoms with Crippen molar-refractivity contribution in [2.45, 2.75) is 59.9 Å². The van der Waals surface area contributed by atoms with Crippen LogP contribution in [0.1, 0.15) is 53.9 Å². The van der Waals surface area contributed by atoms with Crippen LogP contribution in [0, 0.1) is 5.41 Å². The van der Waals surface area contributed by atoms with E-state index in [1.54, 1.807) is 0 Å². The number of benzene rings is 1. The van der Waals surface area contributed by atoms with Gasteiger partial charge in [-0.2, -0.15) is 0 Å². The first-order valence-corrected chi connectivity index (χ1v) is 11.8. The lowest BCUT2D eigenvalue weighted by atomic mass is 9.87. The van der Waals surface area contributed by atoms with Crippen molar-refractivity contribution in [1.82, 2.24) is 9.88 Å². The molecular formula is C26H40ClN3O. The van der Waals surface area contributed by atoms with Crippen molar-refractivity contribution in [3.63, 3.8) is 0 Å². The molecule has 0 amide bonds. The first kappa shape index (κ1) is 25.6. The molecule has 0 fully saturated rings. The second kappa shape index (κ2) is 12.4. The van der Waals surface area contributed by atoms with Gasteiger partial charge in [0.2, 0.25) is 0 Å². The maximum Gasteiger partial charge on any atom is 0.0737 e. The maximum absolute atomic E-state index is 6.10. The Hall–Kier alpha value is -1.62. The van der Waals surface area contributed by atoms with Crippen LogP contribution >= 0.6 is 11.6 Å². The molecule has 1 heterocycles. The molecule has 0 aliphatic carbocycles. The van der Waals surface area contributed by atoms with Crippen LogP contribution in [-0.2, 0) is 4.74 Å². The van der Waals surface area contributed by atoms with E-state index in [9.17, 15) is 0 Å². The highest BCUT2D eigenvalue weighted by Gasteiger charge is 2.18. The highest BCUT2D eigenvalue weighted by atomic mass is 35.5. The lowest BCUT2D eigenvalue weighted by molar-refractivity contribution is 0.0479. The number of pyridine rings is 1. The Balaban J connectivity index is 1.72. The Morgan fingerprint density at radius 1 is 1.29 bits per heavy atom. The number of halogens is 1. The first-order chi connectivity index (χ1) is 14.7. The van der Waals surface area contributed by atoms with Gasteiger partial charge in [-0.15, -0.1) is 6.58 Å². The van der Waals surface area contributed by atoms with Crippen LogP contribution in [0.5, 0.6) is 0 Å². The van der Waals surface area contributed by atoms with Gasteiger partial charge in [-0.3, -0.25) is 4.98 Å². The maximum atomic E-state index is 6.10. The summed E-state index contributed by atoms with van der Waals surface area (Å²) in [5.41, 5.74) is 3.42. The molecule has 172 valence electrons. The molecule has 2 aromatic rings. The molecule has 0 aliphatic rings. The third-order valence-corrected chi connectivity index (χ3v) is 5.73. The zero-order valence-electron chi connectivity index (χ0n) is 20.0. The monoisotopic (exact) mass is 445 g/mol. The van der Waals surface area contributed by atoms with Gasteiger partial charge < -0.3 is 15.0 Å². The van der Waals surface area contributed by atoms with Gasteiger partial charge in [0.25, 0.3) is 0 Å². The van der Waals surface area contributed by atoms with E-state index < -0.39 is 0 Å². The molecule has 4 nitrogen and oxygen atoms in total. The molecule has 2 rings (SSSR count). The van der Waals surface area contributed by atoms with Crippen LogP contribution in [0.3, 0.4) is 0 Å². The van der Waals surface area contributed by atoms with Gasteiger partial charge in [-0.25, -0.2) is 0 Å². The predicted molar refractivity (Wildman–Crippen MR) is 135 cm³/mol. The molecule has 1 N–H and O–H groups in total. The van der Waals surface area contributed by atoms with Crippen LogP contribution in [0.4, 0.5) is 5.69 Å². The standard InChI is InChI=1S/C26H40ClN3O/c1-7-30(15-16-31-19-26(5,6)18-20(2)3)14-8-9-21(4)29-24-12-13-28-25-17-22(27)10-11-23(24)25/h10-13,17,21H,2,7-9,14-16,18-19H2,1,3-6H3,(H,28,29). The molecule has 0 radical (unpaired) electrons. The van der Waals surface area contributed by atoms with Gasteiger partial charge in [-0.1, -0.05) is 37.9 Å². The second-order valence-electron chi connectivity index (χ2n) is 9.49. The molecule has 1 unspecified atom stereocenters. The summed E-state index contributed by atoms with van der Waals surface area (Å²) in [6.45, 7) is 19.8. The van der Waals surface area contributed by atoms with Crippen molar-refractivity contribution in [3.05, 3.63) is 47.6 Å². The van der Waals surface area contributed by atoms with Crippen LogP contribution in [0.2, 0.25) is 5.02 Å². The Kier molecular flexibility index (Phi) is 10.3. The lowest BCUT2D eigenvalue weighted by Gasteiger charge is -2.26. The van der Waals surface area contributed by atoms with E-state index in [0.717, 1.165) is 68.7 Å². The minimum atomic E-state index is 0.159. The second-order valence-corrected chi connectivity index (χ2v) is 9.93. The average molecular weight is 446 g/mol. The summed E-state index contributed by atoms with van der Waals surface area (Å²) in [7, 11) is 0. The summed E-state index contributed by atoms with van der Waals surface area (Å²) in [6, 6.07) is 8.29. The van der Waals surface area contributed by atoms with Gasteiger partial charge in [0, 0.05) is 34.9 Å². The number of rotatable bonds is 14.